The monoisotopic (exact) mass is 383 g/mol. The van der Waals surface area contributed by atoms with Gasteiger partial charge in [0.25, 0.3) is 0 Å². The van der Waals surface area contributed by atoms with Crippen LogP contribution in [0.4, 0.5) is 0 Å². The summed E-state index contributed by atoms with van der Waals surface area (Å²) in [5, 5.41) is 0.777. The van der Waals surface area contributed by atoms with Crippen LogP contribution < -0.4 is 14.2 Å². The molecular weight excluding hydrogens is 362 g/mol. The second kappa shape index (κ2) is 8.04. The first kappa shape index (κ1) is 19.3. The molecule has 0 saturated heterocycles. The second-order valence-corrected chi connectivity index (χ2v) is 6.07. The van der Waals surface area contributed by atoms with Crippen LogP contribution in [0.1, 0.15) is 27.6 Å². The molecule has 1 unspecified atom stereocenters. The van der Waals surface area contributed by atoms with E-state index < -0.39 is 12.1 Å². The fourth-order valence-electron chi connectivity index (χ4n) is 2.96. The lowest BCUT2D eigenvalue weighted by atomic mass is 10.1. The van der Waals surface area contributed by atoms with Gasteiger partial charge in [0.15, 0.2) is 17.6 Å². The Morgan fingerprint density at radius 3 is 2.21 bits per heavy atom. The lowest BCUT2D eigenvalue weighted by molar-refractivity contribution is 0.0316. The second-order valence-electron chi connectivity index (χ2n) is 6.07. The summed E-state index contributed by atoms with van der Waals surface area (Å²) in [7, 11) is 4.37. The standard InChI is InChI=1S/C21H21NO6/c1-12(20(23)15-11-22-16-8-6-5-7-13(15)16)28-21(24)14-9-18(26-3)19(27-4)10-17(14)25-2/h5-12,22H,1-4H3. The number of methoxy groups -OCH3 is 3. The number of rotatable bonds is 7. The first-order valence-electron chi connectivity index (χ1n) is 8.61. The van der Waals surface area contributed by atoms with E-state index in [1.807, 2.05) is 24.3 Å². The number of para-hydroxylation sites is 1. The molecule has 0 aliphatic heterocycles. The molecular formula is C21H21NO6. The Hall–Kier alpha value is -3.48. The van der Waals surface area contributed by atoms with Crippen LogP contribution >= 0.6 is 0 Å². The average molecular weight is 383 g/mol. The van der Waals surface area contributed by atoms with Crippen LogP contribution in [-0.4, -0.2) is 44.2 Å². The zero-order valence-corrected chi connectivity index (χ0v) is 16.1. The maximum absolute atomic E-state index is 12.8. The first-order valence-corrected chi connectivity index (χ1v) is 8.61. The molecule has 0 aliphatic rings. The van der Waals surface area contributed by atoms with Crippen molar-refractivity contribution in [1.82, 2.24) is 4.98 Å². The van der Waals surface area contributed by atoms with Gasteiger partial charge in [-0.2, -0.15) is 0 Å². The Kier molecular flexibility index (Phi) is 5.54. The Morgan fingerprint density at radius 1 is 0.893 bits per heavy atom. The molecule has 0 spiro atoms. The number of aromatic amines is 1. The van der Waals surface area contributed by atoms with Gasteiger partial charge in [-0.25, -0.2) is 4.79 Å². The third kappa shape index (κ3) is 3.51. The first-order chi connectivity index (χ1) is 13.5. The summed E-state index contributed by atoms with van der Waals surface area (Å²) in [5.74, 6) is 0.0304. The van der Waals surface area contributed by atoms with E-state index in [2.05, 4.69) is 4.98 Å². The van der Waals surface area contributed by atoms with Crippen molar-refractivity contribution in [3.63, 3.8) is 0 Å². The smallest absolute Gasteiger partial charge is 0.342 e. The van der Waals surface area contributed by atoms with Crippen LogP contribution in [0.2, 0.25) is 0 Å². The van der Waals surface area contributed by atoms with Gasteiger partial charge in [-0.05, 0) is 13.0 Å². The molecule has 146 valence electrons. The molecule has 0 radical (unpaired) electrons. The van der Waals surface area contributed by atoms with Crippen LogP contribution in [0.25, 0.3) is 10.9 Å². The molecule has 0 bridgehead atoms. The largest absolute Gasteiger partial charge is 0.496 e. The molecule has 3 aromatic rings. The molecule has 1 N–H and O–H groups in total. The fourth-order valence-corrected chi connectivity index (χ4v) is 2.96. The highest BCUT2D eigenvalue weighted by Gasteiger charge is 2.25. The number of benzene rings is 2. The molecule has 2 aromatic carbocycles. The number of hydrogen-bond acceptors (Lipinski definition) is 6. The molecule has 0 amide bonds. The van der Waals surface area contributed by atoms with Crippen LogP contribution in [0.3, 0.4) is 0 Å². The van der Waals surface area contributed by atoms with E-state index in [-0.39, 0.29) is 17.1 Å². The molecule has 1 heterocycles. The summed E-state index contributed by atoms with van der Waals surface area (Å²) in [5.41, 5.74) is 1.44. The average Bonchev–Trinajstić information content (AvgIpc) is 3.15. The Labute approximate surface area is 162 Å². The number of fused-ring (bicyclic) bond motifs is 1. The van der Waals surface area contributed by atoms with Crippen molar-refractivity contribution in [2.75, 3.05) is 21.3 Å². The molecule has 0 saturated carbocycles. The third-order valence-corrected chi connectivity index (χ3v) is 4.43. The maximum Gasteiger partial charge on any atom is 0.342 e. The number of ether oxygens (including phenoxy) is 4. The number of hydrogen-bond donors (Lipinski definition) is 1. The van der Waals surface area contributed by atoms with E-state index in [0.29, 0.717) is 17.1 Å². The van der Waals surface area contributed by atoms with Gasteiger partial charge in [0.05, 0.1) is 21.3 Å². The summed E-state index contributed by atoms with van der Waals surface area (Å²) in [6.07, 6.45) is 0.637. The summed E-state index contributed by atoms with van der Waals surface area (Å²) in [6.45, 7) is 1.54. The van der Waals surface area contributed by atoms with Gasteiger partial charge >= 0.3 is 5.97 Å². The molecule has 7 heteroatoms. The highest BCUT2D eigenvalue weighted by atomic mass is 16.5. The number of ketones is 1. The zero-order chi connectivity index (χ0) is 20.3. The predicted molar refractivity (Wildman–Crippen MR) is 104 cm³/mol. The Balaban J connectivity index is 1.85. The van der Waals surface area contributed by atoms with E-state index in [4.69, 9.17) is 18.9 Å². The van der Waals surface area contributed by atoms with Crippen LogP contribution in [0.15, 0.2) is 42.6 Å². The van der Waals surface area contributed by atoms with Crippen molar-refractivity contribution in [3.05, 3.63) is 53.7 Å². The topological polar surface area (TPSA) is 86.9 Å². The van der Waals surface area contributed by atoms with Gasteiger partial charge in [0.1, 0.15) is 11.3 Å². The summed E-state index contributed by atoms with van der Waals surface area (Å²) in [4.78, 5) is 28.5. The number of aromatic nitrogens is 1. The lowest BCUT2D eigenvalue weighted by Crippen LogP contribution is -2.24. The lowest BCUT2D eigenvalue weighted by Gasteiger charge is -2.16. The van der Waals surface area contributed by atoms with Gasteiger partial charge in [-0.3, -0.25) is 4.79 Å². The minimum absolute atomic E-state index is 0.138. The van der Waals surface area contributed by atoms with Crippen LogP contribution in [0, 0.1) is 0 Å². The normalized spacial score (nSPS) is 11.7. The van der Waals surface area contributed by atoms with Gasteiger partial charge in [0, 0.05) is 34.8 Å². The van der Waals surface area contributed by atoms with E-state index in [0.717, 1.165) is 10.9 Å². The third-order valence-electron chi connectivity index (χ3n) is 4.43. The molecule has 0 fully saturated rings. The van der Waals surface area contributed by atoms with Crippen molar-refractivity contribution < 1.29 is 28.5 Å². The Morgan fingerprint density at radius 2 is 1.54 bits per heavy atom. The molecule has 0 aliphatic carbocycles. The van der Waals surface area contributed by atoms with Crippen molar-refractivity contribution in [3.8, 4) is 17.2 Å². The fraction of sp³-hybridized carbons (Fsp3) is 0.238. The quantitative estimate of drug-likeness (QED) is 0.495. The maximum atomic E-state index is 12.8. The summed E-state index contributed by atoms with van der Waals surface area (Å²) in [6, 6.07) is 10.4. The number of nitrogens with one attached hydrogen (secondary N) is 1. The van der Waals surface area contributed by atoms with Gasteiger partial charge in [-0.15, -0.1) is 0 Å². The van der Waals surface area contributed by atoms with Crippen molar-refractivity contribution in [2.24, 2.45) is 0 Å². The molecule has 1 atom stereocenters. The number of carbonyl (C=O) groups is 2. The molecule has 3 rings (SSSR count). The highest BCUT2D eigenvalue weighted by Crippen LogP contribution is 2.35. The minimum atomic E-state index is -0.982. The van der Waals surface area contributed by atoms with Crippen molar-refractivity contribution in [2.45, 2.75) is 13.0 Å². The molecule has 28 heavy (non-hydrogen) atoms. The molecule has 1 aromatic heterocycles. The van der Waals surface area contributed by atoms with Gasteiger partial charge in [0.2, 0.25) is 5.78 Å². The minimum Gasteiger partial charge on any atom is -0.496 e. The highest BCUT2D eigenvalue weighted by molar-refractivity contribution is 6.10. The van der Waals surface area contributed by atoms with E-state index >= 15 is 0 Å². The predicted octanol–water partition coefficient (Wildman–Crippen LogP) is 3.62. The van der Waals surface area contributed by atoms with E-state index in [9.17, 15) is 9.59 Å². The van der Waals surface area contributed by atoms with E-state index in [1.165, 1.54) is 40.4 Å². The summed E-state index contributed by atoms with van der Waals surface area (Å²) >= 11 is 0. The SMILES string of the molecule is COc1cc(OC)c(C(=O)OC(C)C(=O)c2c[nH]c3ccccc23)cc1OC. The zero-order valence-electron chi connectivity index (χ0n) is 16.1. The number of esters is 1. The number of Topliss-reactive ketones (excluding diaryl/α,β-unsaturated/α-hetero) is 1. The number of carbonyl (C=O) groups excluding carboxylic acids is 2. The molecule has 7 nitrogen and oxygen atoms in total. The number of H-pyrrole nitrogens is 1. The van der Waals surface area contributed by atoms with Crippen molar-refractivity contribution >= 4 is 22.7 Å². The van der Waals surface area contributed by atoms with Crippen LogP contribution in [0.5, 0.6) is 17.2 Å². The van der Waals surface area contributed by atoms with Crippen LogP contribution in [-0.2, 0) is 4.74 Å². The van der Waals surface area contributed by atoms with E-state index in [1.54, 1.807) is 6.20 Å². The summed E-state index contributed by atoms with van der Waals surface area (Å²) < 4.78 is 21.1. The van der Waals surface area contributed by atoms with Gasteiger partial charge in [-0.1, -0.05) is 18.2 Å². The van der Waals surface area contributed by atoms with Crippen molar-refractivity contribution in [1.29, 1.82) is 0 Å². The Bertz CT molecular complexity index is 1020. The van der Waals surface area contributed by atoms with Gasteiger partial charge < -0.3 is 23.9 Å².